The van der Waals surface area contributed by atoms with E-state index in [1.165, 1.54) is 17.3 Å². The number of aryl methyl sites for hydroxylation is 2. The molecule has 1 aliphatic rings. The lowest BCUT2D eigenvalue weighted by molar-refractivity contribution is 0.0927. The van der Waals surface area contributed by atoms with Gasteiger partial charge in [-0.3, -0.25) is 4.90 Å². The smallest absolute Gasteiger partial charge is 0.165 e. The number of hydrogen-bond acceptors (Lipinski definition) is 3. The highest BCUT2D eigenvalue weighted by Crippen LogP contribution is 2.23. The van der Waals surface area contributed by atoms with Gasteiger partial charge in [0.25, 0.3) is 0 Å². The lowest BCUT2D eigenvalue weighted by Gasteiger charge is -2.32. The van der Waals surface area contributed by atoms with Crippen molar-refractivity contribution in [3.63, 3.8) is 0 Å². The zero-order chi connectivity index (χ0) is 18.1. The molecule has 136 valence electrons. The average molecular weight is 353 g/mol. The molecule has 26 heavy (non-hydrogen) atoms. The molecular formula is C21H24FN3O. The van der Waals surface area contributed by atoms with Crippen LogP contribution in [0.3, 0.4) is 0 Å². The van der Waals surface area contributed by atoms with Crippen LogP contribution in [-0.4, -0.2) is 33.5 Å². The van der Waals surface area contributed by atoms with Gasteiger partial charge in [-0.1, -0.05) is 12.1 Å². The van der Waals surface area contributed by atoms with Gasteiger partial charge in [0.05, 0.1) is 11.4 Å². The first-order valence-corrected chi connectivity index (χ1v) is 9.18. The lowest BCUT2D eigenvalue weighted by atomic mass is 10.1. The van der Waals surface area contributed by atoms with E-state index in [4.69, 9.17) is 4.74 Å². The van der Waals surface area contributed by atoms with E-state index in [0.717, 1.165) is 43.8 Å². The third kappa shape index (κ3) is 3.44. The molecule has 1 aliphatic heterocycles. The number of halogens is 1. The van der Waals surface area contributed by atoms with Gasteiger partial charge in [0.1, 0.15) is 11.8 Å². The van der Waals surface area contributed by atoms with Gasteiger partial charge < -0.3 is 9.14 Å². The van der Waals surface area contributed by atoms with Crippen LogP contribution < -0.4 is 4.74 Å². The van der Waals surface area contributed by atoms with Gasteiger partial charge in [0.15, 0.2) is 11.6 Å². The second-order valence-corrected chi connectivity index (χ2v) is 7.10. The quantitative estimate of drug-likeness (QED) is 0.706. The van der Waals surface area contributed by atoms with Crippen LogP contribution in [0.25, 0.3) is 5.65 Å². The topological polar surface area (TPSA) is 29.8 Å². The number of nitrogens with zero attached hydrogens (tertiary/aromatic N) is 3. The van der Waals surface area contributed by atoms with E-state index in [2.05, 4.69) is 46.5 Å². The van der Waals surface area contributed by atoms with E-state index in [0.29, 0.717) is 5.75 Å². The second-order valence-electron chi connectivity index (χ2n) is 7.10. The molecule has 0 N–H and O–H groups in total. The van der Waals surface area contributed by atoms with Crippen molar-refractivity contribution in [2.24, 2.45) is 0 Å². The predicted molar refractivity (Wildman–Crippen MR) is 100.0 cm³/mol. The number of hydrogen-bond donors (Lipinski definition) is 0. The Morgan fingerprint density at radius 2 is 1.92 bits per heavy atom. The SMILES string of the molecule is Cc1ccn2c(CN3CCC(Oc4ccccc4F)CC3)c(C)nc2c1. The van der Waals surface area contributed by atoms with Gasteiger partial charge in [-0.2, -0.15) is 0 Å². The summed E-state index contributed by atoms with van der Waals surface area (Å²) in [4.78, 5) is 7.12. The Morgan fingerprint density at radius 1 is 1.15 bits per heavy atom. The number of fused-ring (bicyclic) bond motifs is 1. The molecule has 1 aromatic carbocycles. The van der Waals surface area contributed by atoms with Crippen LogP contribution in [0, 0.1) is 19.7 Å². The first kappa shape index (κ1) is 17.0. The van der Waals surface area contributed by atoms with E-state index in [1.54, 1.807) is 12.1 Å². The summed E-state index contributed by atoms with van der Waals surface area (Å²) in [6, 6.07) is 10.9. The van der Waals surface area contributed by atoms with Crippen LogP contribution in [0.5, 0.6) is 5.75 Å². The summed E-state index contributed by atoms with van der Waals surface area (Å²) >= 11 is 0. The van der Waals surface area contributed by atoms with E-state index in [1.807, 2.05) is 6.07 Å². The fourth-order valence-corrected chi connectivity index (χ4v) is 3.62. The summed E-state index contributed by atoms with van der Waals surface area (Å²) in [5.41, 5.74) is 4.56. The minimum Gasteiger partial charge on any atom is -0.487 e. The predicted octanol–water partition coefficient (Wildman–Crippen LogP) is 4.13. The van der Waals surface area contributed by atoms with Crippen molar-refractivity contribution in [2.45, 2.75) is 39.3 Å². The minimum atomic E-state index is -0.286. The van der Waals surface area contributed by atoms with Crippen molar-refractivity contribution < 1.29 is 9.13 Å². The monoisotopic (exact) mass is 353 g/mol. The van der Waals surface area contributed by atoms with Gasteiger partial charge in [0.2, 0.25) is 0 Å². The first-order chi connectivity index (χ1) is 12.6. The number of ether oxygens (including phenoxy) is 1. The second kappa shape index (κ2) is 7.08. The van der Waals surface area contributed by atoms with Crippen molar-refractivity contribution in [1.82, 2.24) is 14.3 Å². The molecule has 1 saturated heterocycles. The number of likely N-dealkylation sites (tertiary alicyclic amines) is 1. The van der Waals surface area contributed by atoms with Crippen molar-refractivity contribution >= 4 is 5.65 Å². The molecule has 0 bridgehead atoms. The highest BCUT2D eigenvalue weighted by atomic mass is 19.1. The highest BCUT2D eigenvalue weighted by molar-refractivity contribution is 5.45. The van der Waals surface area contributed by atoms with Crippen molar-refractivity contribution in [2.75, 3.05) is 13.1 Å². The maximum atomic E-state index is 13.7. The van der Waals surface area contributed by atoms with Crippen molar-refractivity contribution in [3.05, 3.63) is 65.4 Å². The van der Waals surface area contributed by atoms with Crippen LogP contribution in [0.1, 0.15) is 29.8 Å². The average Bonchev–Trinajstić information content (AvgIpc) is 2.93. The molecular weight excluding hydrogens is 329 g/mol. The van der Waals surface area contributed by atoms with Gasteiger partial charge in [-0.05, 0) is 56.5 Å². The molecule has 0 amide bonds. The summed E-state index contributed by atoms with van der Waals surface area (Å²) in [5, 5.41) is 0. The maximum absolute atomic E-state index is 13.7. The summed E-state index contributed by atoms with van der Waals surface area (Å²) in [5.74, 6) is 0.0746. The molecule has 0 unspecified atom stereocenters. The van der Waals surface area contributed by atoms with Crippen LogP contribution in [0.2, 0.25) is 0 Å². The largest absolute Gasteiger partial charge is 0.487 e. The van der Waals surface area contributed by atoms with Gasteiger partial charge in [-0.25, -0.2) is 9.37 Å². The molecule has 0 saturated carbocycles. The van der Waals surface area contributed by atoms with Crippen molar-refractivity contribution in [1.29, 1.82) is 0 Å². The number of imidazole rings is 1. The number of para-hydroxylation sites is 1. The van der Waals surface area contributed by atoms with E-state index in [-0.39, 0.29) is 11.9 Å². The van der Waals surface area contributed by atoms with Crippen LogP contribution in [-0.2, 0) is 6.54 Å². The Kier molecular flexibility index (Phi) is 4.64. The fourth-order valence-electron chi connectivity index (χ4n) is 3.62. The Labute approximate surface area is 153 Å². The zero-order valence-electron chi connectivity index (χ0n) is 15.3. The molecule has 0 radical (unpaired) electrons. The van der Waals surface area contributed by atoms with E-state index in [9.17, 15) is 4.39 Å². The molecule has 4 nitrogen and oxygen atoms in total. The molecule has 2 aromatic heterocycles. The highest BCUT2D eigenvalue weighted by Gasteiger charge is 2.23. The number of rotatable bonds is 4. The number of piperidine rings is 1. The van der Waals surface area contributed by atoms with E-state index < -0.39 is 0 Å². The molecule has 5 heteroatoms. The third-order valence-electron chi connectivity index (χ3n) is 5.12. The third-order valence-corrected chi connectivity index (χ3v) is 5.12. The van der Waals surface area contributed by atoms with Gasteiger partial charge in [-0.15, -0.1) is 0 Å². The summed E-state index contributed by atoms with van der Waals surface area (Å²) in [6.07, 6.45) is 4.00. The number of aromatic nitrogens is 2. The molecule has 4 rings (SSSR count). The molecule has 3 aromatic rings. The maximum Gasteiger partial charge on any atom is 0.165 e. The van der Waals surface area contributed by atoms with Gasteiger partial charge in [0, 0.05) is 25.8 Å². The molecule has 1 fully saturated rings. The fraction of sp³-hybridized carbons (Fsp3) is 0.381. The van der Waals surface area contributed by atoms with Gasteiger partial charge >= 0.3 is 0 Å². The summed E-state index contributed by atoms with van der Waals surface area (Å²) in [6.45, 7) is 6.92. The van der Waals surface area contributed by atoms with Crippen molar-refractivity contribution in [3.8, 4) is 5.75 Å². The summed E-state index contributed by atoms with van der Waals surface area (Å²) in [7, 11) is 0. The van der Waals surface area contributed by atoms with Crippen LogP contribution >= 0.6 is 0 Å². The first-order valence-electron chi connectivity index (χ1n) is 9.18. The molecule has 0 spiro atoms. The van der Waals surface area contributed by atoms with E-state index >= 15 is 0 Å². The molecule has 3 heterocycles. The Morgan fingerprint density at radius 3 is 2.69 bits per heavy atom. The molecule has 0 aliphatic carbocycles. The number of pyridine rings is 1. The number of benzene rings is 1. The van der Waals surface area contributed by atoms with Crippen LogP contribution in [0.15, 0.2) is 42.6 Å². The lowest BCUT2D eigenvalue weighted by Crippen LogP contribution is -2.38. The van der Waals surface area contributed by atoms with Crippen LogP contribution in [0.4, 0.5) is 4.39 Å². The normalized spacial score (nSPS) is 16.3. The Balaban J connectivity index is 1.40. The molecule has 0 atom stereocenters. The Bertz CT molecular complexity index is 913. The standard InChI is InChI=1S/C21H24FN3O/c1-15-7-12-25-19(16(2)23-21(25)13-15)14-24-10-8-17(9-11-24)26-20-6-4-3-5-18(20)22/h3-7,12-13,17H,8-11,14H2,1-2H3. The zero-order valence-corrected chi connectivity index (χ0v) is 15.3. The summed E-state index contributed by atoms with van der Waals surface area (Å²) < 4.78 is 21.8. The minimum absolute atomic E-state index is 0.0779. The Hall–Kier alpha value is -2.40.